The molecule has 0 spiro atoms. The van der Waals surface area contributed by atoms with Crippen molar-refractivity contribution in [1.29, 1.82) is 0 Å². The first-order valence-electron chi connectivity index (χ1n) is 9.35. The molecule has 0 bridgehead atoms. The molecule has 2 aromatic heterocycles. The van der Waals surface area contributed by atoms with Crippen LogP contribution in [0.1, 0.15) is 34.7 Å². The average molecular weight is 378 g/mol. The normalized spacial score (nSPS) is 16.3. The van der Waals surface area contributed by atoms with Crippen LogP contribution >= 0.6 is 0 Å². The highest BCUT2D eigenvalue weighted by molar-refractivity contribution is 5.97. The number of benzene rings is 1. The summed E-state index contributed by atoms with van der Waals surface area (Å²) in [5, 5.41) is 9.93. The van der Waals surface area contributed by atoms with E-state index in [9.17, 15) is 9.59 Å². The van der Waals surface area contributed by atoms with Gasteiger partial charge in [-0.2, -0.15) is 5.10 Å². The van der Waals surface area contributed by atoms with Gasteiger partial charge in [-0.25, -0.2) is 0 Å². The van der Waals surface area contributed by atoms with E-state index in [-0.39, 0.29) is 11.8 Å². The molecule has 0 radical (unpaired) electrons. The van der Waals surface area contributed by atoms with Crippen LogP contribution in [0.25, 0.3) is 11.3 Å². The van der Waals surface area contributed by atoms with Crippen molar-refractivity contribution in [2.75, 3.05) is 6.54 Å². The van der Waals surface area contributed by atoms with Gasteiger partial charge in [0.15, 0.2) is 0 Å². The summed E-state index contributed by atoms with van der Waals surface area (Å²) < 4.78 is 5.23. The van der Waals surface area contributed by atoms with Gasteiger partial charge in [0.1, 0.15) is 17.5 Å². The molecule has 7 heteroatoms. The van der Waals surface area contributed by atoms with E-state index >= 15 is 0 Å². The van der Waals surface area contributed by atoms with Crippen molar-refractivity contribution in [2.45, 2.75) is 32.4 Å². The molecule has 3 aromatic rings. The first kappa shape index (κ1) is 18.0. The fraction of sp³-hybridized carbons (Fsp3) is 0.286. The molecule has 2 amide bonds. The van der Waals surface area contributed by atoms with E-state index in [2.05, 4.69) is 15.5 Å². The first-order chi connectivity index (χ1) is 13.6. The summed E-state index contributed by atoms with van der Waals surface area (Å²) in [5.74, 6) is 0.308. The summed E-state index contributed by atoms with van der Waals surface area (Å²) in [6, 6.07) is 12.8. The molecule has 1 unspecified atom stereocenters. The third kappa shape index (κ3) is 3.69. The van der Waals surface area contributed by atoms with Crippen molar-refractivity contribution >= 4 is 11.8 Å². The average Bonchev–Trinajstić information content (AvgIpc) is 3.47. The van der Waals surface area contributed by atoms with Crippen molar-refractivity contribution in [3.05, 3.63) is 65.7 Å². The van der Waals surface area contributed by atoms with Crippen LogP contribution in [-0.4, -0.2) is 39.5 Å². The predicted molar refractivity (Wildman–Crippen MR) is 103 cm³/mol. The maximum Gasteiger partial charge on any atom is 0.272 e. The third-order valence-electron chi connectivity index (χ3n) is 4.99. The highest BCUT2D eigenvalue weighted by atomic mass is 16.3. The molecular formula is C21H22N4O3. The Bertz CT molecular complexity index is 960. The third-order valence-corrected chi connectivity index (χ3v) is 4.99. The molecule has 1 aliphatic rings. The lowest BCUT2D eigenvalue weighted by Crippen LogP contribution is -2.45. The van der Waals surface area contributed by atoms with Gasteiger partial charge in [0.2, 0.25) is 5.91 Å². The monoisotopic (exact) mass is 378 g/mol. The molecule has 2 N–H and O–H groups in total. The van der Waals surface area contributed by atoms with Crippen molar-refractivity contribution in [1.82, 2.24) is 20.4 Å². The van der Waals surface area contributed by atoms with E-state index in [4.69, 9.17) is 4.42 Å². The molecule has 0 saturated carbocycles. The number of carbonyl (C=O) groups is 2. The molecular weight excluding hydrogens is 356 g/mol. The second-order valence-electron chi connectivity index (χ2n) is 6.99. The highest BCUT2D eigenvalue weighted by Gasteiger charge is 2.35. The fourth-order valence-corrected chi connectivity index (χ4v) is 3.45. The van der Waals surface area contributed by atoms with Gasteiger partial charge < -0.3 is 14.6 Å². The van der Waals surface area contributed by atoms with Crippen LogP contribution in [0.5, 0.6) is 0 Å². The largest absolute Gasteiger partial charge is 0.467 e. The molecule has 28 heavy (non-hydrogen) atoms. The molecule has 3 heterocycles. The summed E-state index contributed by atoms with van der Waals surface area (Å²) in [6.45, 7) is 2.89. The zero-order valence-electron chi connectivity index (χ0n) is 15.6. The van der Waals surface area contributed by atoms with Gasteiger partial charge in [0, 0.05) is 12.1 Å². The number of aromatic amines is 1. The van der Waals surface area contributed by atoms with Gasteiger partial charge in [-0.3, -0.25) is 14.7 Å². The Morgan fingerprint density at radius 2 is 2.11 bits per heavy atom. The van der Waals surface area contributed by atoms with E-state index in [0.717, 1.165) is 17.5 Å². The van der Waals surface area contributed by atoms with Gasteiger partial charge in [-0.15, -0.1) is 0 Å². The minimum absolute atomic E-state index is 0.166. The number of H-pyrrole nitrogens is 1. The summed E-state index contributed by atoms with van der Waals surface area (Å²) in [7, 11) is 0. The second kappa shape index (κ2) is 7.72. The molecule has 4 rings (SSSR count). The Morgan fingerprint density at radius 1 is 1.29 bits per heavy atom. The van der Waals surface area contributed by atoms with Crippen LogP contribution in [0.15, 0.2) is 53.1 Å². The minimum Gasteiger partial charge on any atom is -0.467 e. The standard InChI is InChI=1S/C21H22N4O3/c1-14-6-8-15(9-7-14)17-12-18(24-23-17)21(27)25-10-2-5-19(25)20(26)22-13-16-4-3-11-28-16/h3-4,6-9,11-12,19H,2,5,10,13H2,1H3,(H,22,26)(H,23,24). The molecule has 144 valence electrons. The first-order valence-corrected chi connectivity index (χ1v) is 9.35. The van der Waals surface area contributed by atoms with Crippen LogP contribution in [0.2, 0.25) is 0 Å². The molecule has 1 saturated heterocycles. The number of likely N-dealkylation sites (tertiary alicyclic amines) is 1. The second-order valence-corrected chi connectivity index (χ2v) is 6.99. The molecule has 0 aliphatic carbocycles. The van der Waals surface area contributed by atoms with Crippen LogP contribution in [-0.2, 0) is 11.3 Å². The van der Waals surface area contributed by atoms with Crippen molar-refractivity contribution < 1.29 is 14.0 Å². The lowest BCUT2D eigenvalue weighted by atomic mass is 10.1. The van der Waals surface area contributed by atoms with E-state index in [1.807, 2.05) is 31.2 Å². The summed E-state index contributed by atoms with van der Waals surface area (Å²) in [4.78, 5) is 27.1. The van der Waals surface area contributed by atoms with Gasteiger partial charge in [0.25, 0.3) is 5.91 Å². The number of furan rings is 1. The number of rotatable bonds is 5. The number of hydrogen-bond donors (Lipinski definition) is 2. The van der Waals surface area contributed by atoms with Crippen molar-refractivity contribution in [3.8, 4) is 11.3 Å². The Balaban J connectivity index is 1.44. The molecule has 7 nitrogen and oxygen atoms in total. The fourth-order valence-electron chi connectivity index (χ4n) is 3.45. The lowest BCUT2D eigenvalue weighted by molar-refractivity contribution is -0.125. The highest BCUT2D eigenvalue weighted by Crippen LogP contribution is 2.23. The summed E-state index contributed by atoms with van der Waals surface area (Å²) >= 11 is 0. The van der Waals surface area contributed by atoms with E-state index in [1.165, 1.54) is 0 Å². The molecule has 1 atom stereocenters. The number of hydrogen-bond acceptors (Lipinski definition) is 4. The van der Waals surface area contributed by atoms with E-state index in [0.29, 0.717) is 36.7 Å². The topological polar surface area (TPSA) is 91.2 Å². The maximum atomic E-state index is 12.9. The molecule has 1 aliphatic heterocycles. The Labute approximate surface area is 162 Å². The van der Waals surface area contributed by atoms with Crippen LogP contribution in [0.3, 0.4) is 0 Å². The van der Waals surface area contributed by atoms with Crippen molar-refractivity contribution in [2.24, 2.45) is 0 Å². The summed E-state index contributed by atoms with van der Waals surface area (Å²) in [5.41, 5.74) is 3.20. The summed E-state index contributed by atoms with van der Waals surface area (Å²) in [6.07, 6.45) is 3.01. The van der Waals surface area contributed by atoms with Crippen molar-refractivity contribution in [3.63, 3.8) is 0 Å². The number of amides is 2. The zero-order valence-corrected chi connectivity index (χ0v) is 15.6. The Kier molecular flexibility index (Phi) is 4.97. The number of aromatic nitrogens is 2. The predicted octanol–water partition coefficient (Wildman–Crippen LogP) is 2.90. The smallest absolute Gasteiger partial charge is 0.272 e. The number of nitrogens with one attached hydrogen (secondary N) is 2. The minimum atomic E-state index is -0.478. The SMILES string of the molecule is Cc1ccc(-c2cc(C(=O)N3CCCC3C(=O)NCc3ccco3)[nH]n2)cc1. The number of aryl methyl sites for hydroxylation is 1. The van der Waals surface area contributed by atoms with Gasteiger partial charge >= 0.3 is 0 Å². The Morgan fingerprint density at radius 3 is 2.86 bits per heavy atom. The molecule has 1 fully saturated rings. The molecule has 1 aromatic carbocycles. The number of nitrogens with zero attached hydrogens (tertiary/aromatic N) is 2. The van der Waals surface area contributed by atoms with E-state index < -0.39 is 6.04 Å². The Hall–Kier alpha value is -3.35. The lowest BCUT2D eigenvalue weighted by Gasteiger charge is -2.23. The van der Waals surface area contributed by atoms with E-state index in [1.54, 1.807) is 29.4 Å². The van der Waals surface area contributed by atoms with Crippen LogP contribution < -0.4 is 5.32 Å². The maximum absolute atomic E-state index is 12.9. The quantitative estimate of drug-likeness (QED) is 0.714. The van der Waals surface area contributed by atoms with Gasteiger partial charge in [-0.05, 0) is 38.0 Å². The van der Waals surface area contributed by atoms with Crippen LogP contribution in [0, 0.1) is 6.92 Å². The van der Waals surface area contributed by atoms with Gasteiger partial charge in [0.05, 0.1) is 18.5 Å². The zero-order chi connectivity index (χ0) is 19.5. The number of carbonyl (C=O) groups excluding carboxylic acids is 2. The van der Waals surface area contributed by atoms with Crippen LogP contribution in [0.4, 0.5) is 0 Å². The van der Waals surface area contributed by atoms with Gasteiger partial charge in [-0.1, -0.05) is 29.8 Å².